The van der Waals surface area contributed by atoms with Crippen molar-refractivity contribution in [3.05, 3.63) is 29.3 Å². The number of aliphatic hydroxyl groups excluding tert-OH is 1. The lowest BCUT2D eigenvalue weighted by molar-refractivity contribution is -0.132. The third-order valence-electron chi connectivity index (χ3n) is 8.14. The third-order valence-corrected chi connectivity index (χ3v) is 8.58. The van der Waals surface area contributed by atoms with Crippen LogP contribution in [0.5, 0.6) is 5.75 Å². The van der Waals surface area contributed by atoms with Crippen molar-refractivity contribution in [1.82, 2.24) is 10.6 Å². The molecule has 0 aliphatic heterocycles. The van der Waals surface area contributed by atoms with Crippen molar-refractivity contribution in [3.63, 3.8) is 0 Å². The largest absolute Gasteiger partial charge is 0.524 e. The number of benzene rings is 1. The highest BCUT2D eigenvalue weighted by molar-refractivity contribution is 7.46. The SMILES string of the molecule is CC[C@H](NC(=O)c1cccc(OP(=O)(O)O)c1C)[C@H](O)CC1C[C@H]2CCCC[C@H]2C[C@H]1C(=O)NC(C)(C)C.Cl. The number of amides is 2. The minimum absolute atomic E-state index is 0. The van der Waals surface area contributed by atoms with Crippen molar-refractivity contribution in [2.75, 3.05) is 0 Å². The molecule has 0 aromatic heterocycles. The van der Waals surface area contributed by atoms with Gasteiger partial charge in [-0.1, -0.05) is 38.7 Å². The number of carbonyl (C=O) groups excluding carboxylic acids is 2. The summed E-state index contributed by atoms with van der Waals surface area (Å²) in [6, 6.07) is 3.89. The molecule has 2 amide bonds. The zero-order valence-corrected chi connectivity index (χ0v) is 25.4. The maximum absolute atomic E-state index is 13.3. The quantitative estimate of drug-likeness (QED) is 0.258. The lowest BCUT2D eigenvalue weighted by Gasteiger charge is -2.45. The molecule has 39 heavy (non-hydrogen) atoms. The minimum Gasteiger partial charge on any atom is -0.404 e. The summed E-state index contributed by atoms with van der Waals surface area (Å²) >= 11 is 0. The van der Waals surface area contributed by atoms with E-state index in [-0.39, 0.29) is 47.0 Å². The maximum Gasteiger partial charge on any atom is 0.524 e. The van der Waals surface area contributed by atoms with E-state index in [0.717, 1.165) is 19.3 Å². The molecule has 222 valence electrons. The Labute approximate surface area is 238 Å². The molecule has 2 saturated carbocycles. The van der Waals surface area contributed by atoms with Gasteiger partial charge in [-0.15, -0.1) is 12.4 Å². The van der Waals surface area contributed by atoms with Gasteiger partial charge in [-0.05, 0) is 83.3 Å². The number of halogens is 1. The Morgan fingerprint density at radius 1 is 1.13 bits per heavy atom. The molecule has 2 aliphatic carbocycles. The number of carbonyl (C=O) groups is 2. The lowest BCUT2D eigenvalue weighted by atomic mass is 9.62. The highest BCUT2D eigenvalue weighted by Gasteiger charge is 2.43. The molecule has 0 spiro atoms. The lowest BCUT2D eigenvalue weighted by Crippen LogP contribution is -2.50. The zero-order valence-electron chi connectivity index (χ0n) is 23.7. The molecule has 2 aliphatic rings. The molecule has 1 unspecified atom stereocenters. The standard InChI is InChI=1S/C28H45N2O7P.ClH/c1-6-23(29-26(32)21-12-9-13-25(17(21)2)37-38(34,35)36)24(31)16-20-14-18-10-7-8-11-19(18)15-22(20)27(33)30-28(3,4)5;/h9,12-13,18-20,22-24,31H,6-8,10-11,14-16H2,1-5H3,(H,29,32)(H,30,33)(H2,34,35,36);1H/t18-,19+,20?,22-,23+,24-;/m1./s1. The van der Waals surface area contributed by atoms with E-state index in [0.29, 0.717) is 30.2 Å². The number of hydrogen-bond donors (Lipinski definition) is 5. The van der Waals surface area contributed by atoms with Crippen molar-refractivity contribution in [3.8, 4) is 5.75 Å². The fraction of sp³-hybridized carbons (Fsp3) is 0.714. The molecule has 0 bridgehead atoms. The van der Waals surface area contributed by atoms with Crippen molar-refractivity contribution in [2.24, 2.45) is 23.7 Å². The van der Waals surface area contributed by atoms with Gasteiger partial charge in [0.05, 0.1) is 12.1 Å². The summed E-state index contributed by atoms with van der Waals surface area (Å²) < 4.78 is 16.0. The van der Waals surface area contributed by atoms with Gasteiger partial charge in [-0.25, -0.2) is 4.57 Å². The molecule has 0 radical (unpaired) electrons. The number of rotatable bonds is 9. The van der Waals surface area contributed by atoms with Gasteiger partial charge in [0, 0.05) is 22.6 Å². The van der Waals surface area contributed by atoms with Gasteiger partial charge in [0.15, 0.2) is 0 Å². The van der Waals surface area contributed by atoms with Gasteiger partial charge in [-0.3, -0.25) is 19.4 Å². The summed E-state index contributed by atoms with van der Waals surface area (Å²) in [5.41, 5.74) is 0.179. The Balaban J connectivity index is 0.00000533. The Kier molecular flexibility index (Phi) is 11.9. The van der Waals surface area contributed by atoms with Crippen molar-refractivity contribution in [1.29, 1.82) is 0 Å². The third kappa shape index (κ3) is 9.46. The number of phosphoric ester groups is 1. The van der Waals surface area contributed by atoms with Crippen molar-refractivity contribution in [2.45, 2.75) is 104 Å². The average molecular weight is 589 g/mol. The Bertz CT molecular complexity index is 1040. The average Bonchev–Trinajstić information content (AvgIpc) is 2.81. The number of aliphatic hydroxyl groups is 1. The van der Waals surface area contributed by atoms with Crippen LogP contribution in [-0.4, -0.2) is 44.4 Å². The number of nitrogens with one attached hydrogen (secondary N) is 2. The van der Waals surface area contributed by atoms with Crippen LogP contribution >= 0.6 is 20.2 Å². The normalized spacial score (nSPS) is 24.9. The molecule has 2 fully saturated rings. The van der Waals surface area contributed by atoms with Crippen LogP contribution in [0, 0.1) is 30.6 Å². The molecule has 5 N–H and O–H groups in total. The van der Waals surface area contributed by atoms with E-state index in [1.807, 2.05) is 27.7 Å². The first kappa shape index (κ1) is 33.6. The highest BCUT2D eigenvalue weighted by Crippen LogP contribution is 2.47. The first-order chi connectivity index (χ1) is 17.7. The van der Waals surface area contributed by atoms with Crippen LogP contribution in [-0.2, 0) is 9.36 Å². The predicted molar refractivity (Wildman–Crippen MR) is 153 cm³/mol. The van der Waals surface area contributed by atoms with Crippen LogP contribution in [0.25, 0.3) is 0 Å². The van der Waals surface area contributed by atoms with Crippen LogP contribution in [0.2, 0.25) is 0 Å². The van der Waals surface area contributed by atoms with Gasteiger partial charge in [0.1, 0.15) is 5.75 Å². The smallest absolute Gasteiger partial charge is 0.404 e. The Morgan fingerprint density at radius 3 is 2.31 bits per heavy atom. The first-order valence-corrected chi connectivity index (χ1v) is 15.4. The maximum atomic E-state index is 13.3. The molecule has 0 saturated heterocycles. The van der Waals surface area contributed by atoms with E-state index in [4.69, 9.17) is 14.3 Å². The van der Waals surface area contributed by atoms with Crippen LogP contribution in [0.4, 0.5) is 0 Å². The molecule has 9 nitrogen and oxygen atoms in total. The topological polar surface area (TPSA) is 145 Å². The van der Waals surface area contributed by atoms with E-state index in [9.17, 15) is 19.3 Å². The summed E-state index contributed by atoms with van der Waals surface area (Å²) in [7, 11) is -4.78. The molecular weight excluding hydrogens is 543 g/mol. The van der Waals surface area contributed by atoms with Crippen molar-refractivity contribution >= 4 is 32.0 Å². The van der Waals surface area contributed by atoms with Gasteiger partial charge >= 0.3 is 7.82 Å². The zero-order chi connectivity index (χ0) is 28.3. The fourth-order valence-corrected chi connectivity index (χ4v) is 6.75. The molecule has 1 aromatic carbocycles. The summed E-state index contributed by atoms with van der Waals surface area (Å²) in [6.45, 7) is 9.37. The van der Waals surface area contributed by atoms with E-state index >= 15 is 0 Å². The van der Waals surface area contributed by atoms with E-state index < -0.39 is 25.9 Å². The number of phosphoric acid groups is 1. The van der Waals surface area contributed by atoms with Gasteiger partial charge in [0.25, 0.3) is 5.91 Å². The van der Waals surface area contributed by atoms with Crippen molar-refractivity contribution < 1.29 is 33.6 Å². The van der Waals surface area contributed by atoms with E-state index in [2.05, 4.69) is 10.6 Å². The number of hydrogen-bond acceptors (Lipinski definition) is 5. The molecule has 1 aromatic rings. The van der Waals surface area contributed by atoms with Crippen LogP contribution in [0.1, 0.15) is 95.0 Å². The Hall–Kier alpha value is -1.64. The monoisotopic (exact) mass is 588 g/mol. The number of fused-ring (bicyclic) bond motifs is 1. The predicted octanol–water partition coefficient (Wildman–Crippen LogP) is 4.90. The summed E-state index contributed by atoms with van der Waals surface area (Å²) in [5, 5.41) is 17.3. The summed E-state index contributed by atoms with van der Waals surface area (Å²) in [4.78, 5) is 44.8. The van der Waals surface area contributed by atoms with Crippen LogP contribution in [0.3, 0.4) is 0 Å². The van der Waals surface area contributed by atoms with Gasteiger partial charge in [-0.2, -0.15) is 0 Å². The first-order valence-electron chi connectivity index (χ1n) is 13.8. The molecule has 11 heteroatoms. The minimum atomic E-state index is -4.78. The van der Waals surface area contributed by atoms with Crippen LogP contribution < -0.4 is 15.2 Å². The van der Waals surface area contributed by atoms with Gasteiger partial charge < -0.3 is 20.3 Å². The molecule has 0 heterocycles. The second-order valence-electron chi connectivity index (χ2n) is 12.2. The van der Waals surface area contributed by atoms with Gasteiger partial charge in [0.2, 0.25) is 5.91 Å². The second kappa shape index (κ2) is 13.8. The molecule has 6 atom stereocenters. The van der Waals surface area contributed by atoms with E-state index in [1.54, 1.807) is 13.0 Å². The molecular formula is C28H46ClN2O7P. The fourth-order valence-electron chi connectivity index (χ4n) is 6.30. The summed E-state index contributed by atoms with van der Waals surface area (Å²) in [5.74, 6) is 0.515. The van der Waals surface area contributed by atoms with Crippen LogP contribution in [0.15, 0.2) is 18.2 Å². The summed E-state index contributed by atoms with van der Waals surface area (Å²) in [6.07, 6.45) is 6.59. The van der Waals surface area contributed by atoms with E-state index in [1.165, 1.54) is 31.4 Å². The molecule has 3 rings (SSSR count). The Morgan fingerprint density at radius 2 is 1.74 bits per heavy atom. The highest BCUT2D eigenvalue weighted by atomic mass is 35.5. The second-order valence-corrected chi connectivity index (χ2v) is 13.3.